The summed E-state index contributed by atoms with van der Waals surface area (Å²) in [4.78, 5) is 11.4. The molecule has 2 heterocycles. The highest BCUT2D eigenvalue weighted by Gasteiger charge is 2.37. The Hall–Kier alpha value is -1.00. The van der Waals surface area contributed by atoms with Crippen molar-refractivity contribution in [2.75, 3.05) is 13.1 Å². The van der Waals surface area contributed by atoms with Crippen LogP contribution in [-0.2, 0) is 6.54 Å². The smallest absolute Gasteiger partial charge is 0.125 e. The number of nitrogens with zero attached hydrogens (tertiary/aromatic N) is 3. The maximum atomic E-state index is 4.57. The van der Waals surface area contributed by atoms with Crippen molar-refractivity contribution in [2.24, 2.45) is 11.8 Å². The third-order valence-corrected chi connectivity index (χ3v) is 4.65. The summed E-state index contributed by atoms with van der Waals surface area (Å²) >= 11 is 0. The third kappa shape index (κ3) is 3.18. The van der Waals surface area contributed by atoms with Crippen LogP contribution in [0, 0.1) is 18.8 Å². The molecule has 3 rings (SSSR count). The number of piperazine rings is 1. The summed E-state index contributed by atoms with van der Waals surface area (Å²) in [5, 5.41) is 3.77. The minimum absolute atomic E-state index is 0.611. The summed E-state index contributed by atoms with van der Waals surface area (Å²) in [6.45, 7) is 9.84. The van der Waals surface area contributed by atoms with E-state index in [0.717, 1.165) is 37.1 Å². The van der Waals surface area contributed by atoms with Gasteiger partial charge in [0.2, 0.25) is 0 Å². The highest BCUT2D eigenvalue weighted by molar-refractivity contribution is 5.04. The molecular formula is C16H26N4. The first-order valence-corrected chi connectivity index (χ1v) is 7.89. The Morgan fingerprint density at radius 1 is 1.40 bits per heavy atom. The average Bonchev–Trinajstić information content (AvgIpc) is 3.22. The van der Waals surface area contributed by atoms with Crippen molar-refractivity contribution in [1.29, 1.82) is 0 Å². The second-order valence-electron chi connectivity index (χ2n) is 6.69. The predicted molar refractivity (Wildman–Crippen MR) is 80.3 cm³/mol. The van der Waals surface area contributed by atoms with Gasteiger partial charge in [0.15, 0.2) is 0 Å². The maximum Gasteiger partial charge on any atom is 0.125 e. The molecule has 2 unspecified atom stereocenters. The first-order chi connectivity index (χ1) is 9.63. The highest BCUT2D eigenvalue weighted by Crippen LogP contribution is 2.35. The van der Waals surface area contributed by atoms with Crippen LogP contribution in [0.5, 0.6) is 0 Å². The molecule has 2 aliphatic rings. The SMILES string of the molecule is Cc1nccc(CN2CC(C3CC3)NCC2C(C)C)n1. The second-order valence-corrected chi connectivity index (χ2v) is 6.69. The Balaban J connectivity index is 1.71. The lowest BCUT2D eigenvalue weighted by atomic mass is 9.96. The molecule has 1 aliphatic heterocycles. The van der Waals surface area contributed by atoms with Gasteiger partial charge in [-0.3, -0.25) is 4.90 Å². The van der Waals surface area contributed by atoms with E-state index >= 15 is 0 Å². The van der Waals surface area contributed by atoms with Crippen LogP contribution in [0.3, 0.4) is 0 Å². The maximum absolute atomic E-state index is 4.57. The lowest BCUT2D eigenvalue weighted by Gasteiger charge is -2.42. The largest absolute Gasteiger partial charge is 0.311 e. The monoisotopic (exact) mass is 274 g/mol. The summed E-state index contributed by atoms with van der Waals surface area (Å²) in [7, 11) is 0. The fraction of sp³-hybridized carbons (Fsp3) is 0.750. The molecular weight excluding hydrogens is 248 g/mol. The molecule has 1 saturated carbocycles. The summed E-state index contributed by atoms with van der Waals surface area (Å²) < 4.78 is 0. The molecule has 2 fully saturated rings. The Kier molecular flexibility index (Phi) is 4.03. The highest BCUT2D eigenvalue weighted by atomic mass is 15.2. The van der Waals surface area contributed by atoms with E-state index in [1.807, 2.05) is 13.1 Å². The van der Waals surface area contributed by atoms with Crippen molar-refractivity contribution in [3.63, 3.8) is 0 Å². The molecule has 0 spiro atoms. The van der Waals surface area contributed by atoms with E-state index < -0.39 is 0 Å². The minimum atomic E-state index is 0.611. The summed E-state index contributed by atoms with van der Waals surface area (Å²) in [5.41, 5.74) is 1.15. The van der Waals surface area contributed by atoms with E-state index in [2.05, 4.69) is 40.1 Å². The van der Waals surface area contributed by atoms with Crippen LogP contribution in [0.25, 0.3) is 0 Å². The van der Waals surface area contributed by atoms with Crippen LogP contribution >= 0.6 is 0 Å². The molecule has 0 bridgehead atoms. The fourth-order valence-electron chi connectivity index (χ4n) is 3.31. The molecule has 1 aromatic rings. The summed E-state index contributed by atoms with van der Waals surface area (Å²) in [6, 6.07) is 3.35. The summed E-state index contributed by atoms with van der Waals surface area (Å²) in [6.07, 6.45) is 4.69. The molecule has 0 radical (unpaired) electrons. The lowest BCUT2D eigenvalue weighted by Crippen LogP contribution is -2.58. The van der Waals surface area contributed by atoms with Crippen LogP contribution in [0.1, 0.15) is 38.2 Å². The number of nitrogens with one attached hydrogen (secondary N) is 1. The van der Waals surface area contributed by atoms with Crippen molar-refractivity contribution in [2.45, 2.75) is 52.2 Å². The first-order valence-electron chi connectivity index (χ1n) is 7.89. The number of aromatic nitrogens is 2. The Labute approximate surface area is 122 Å². The molecule has 4 heteroatoms. The standard InChI is InChI=1S/C16H26N4/c1-11(2)16-8-18-15(13-4-5-13)10-20(16)9-14-6-7-17-12(3)19-14/h6-7,11,13,15-16,18H,4-5,8-10H2,1-3H3. The zero-order chi connectivity index (χ0) is 14.1. The first kappa shape index (κ1) is 14.0. The van der Waals surface area contributed by atoms with Gasteiger partial charge in [-0.2, -0.15) is 0 Å². The molecule has 1 N–H and O–H groups in total. The number of hydrogen-bond acceptors (Lipinski definition) is 4. The molecule has 4 nitrogen and oxygen atoms in total. The van der Waals surface area contributed by atoms with Crippen molar-refractivity contribution in [3.8, 4) is 0 Å². The number of hydrogen-bond donors (Lipinski definition) is 1. The van der Waals surface area contributed by atoms with Crippen LogP contribution in [0.4, 0.5) is 0 Å². The fourth-order valence-corrected chi connectivity index (χ4v) is 3.31. The normalized spacial score (nSPS) is 28.0. The Morgan fingerprint density at radius 3 is 2.85 bits per heavy atom. The zero-order valence-corrected chi connectivity index (χ0v) is 12.8. The summed E-state index contributed by atoms with van der Waals surface area (Å²) in [5.74, 6) is 2.46. The molecule has 2 atom stereocenters. The third-order valence-electron chi connectivity index (χ3n) is 4.65. The van der Waals surface area contributed by atoms with E-state index in [-0.39, 0.29) is 0 Å². The molecule has 1 saturated heterocycles. The minimum Gasteiger partial charge on any atom is -0.311 e. The van der Waals surface area contributed by atoms with Crippen molar-refractivity contribution < 1.29 is 0 Å². The van der Waals surface area contributed by atoms with Crippen LogP contribution in [0.2, 0.25) is 0 Å². The van der Waals surface area contributed by atoms with Crippen LogP contribution in [0.15, 0.2) is 12.3 Å². The molecule has 0 aromatic carbocycles. The van der Waals surface area contributed by atoms with E-state index in [0.29, 0.717) is 18.0 Å². The van der Waals surface area contributed by atoms with Gasteiger partial charge in [-0.15, -0.1) is 0 Å². The van der Waals surface area contributed by atoms with Gasteiger partial charge in [0, 0.05) is 37.9 Å². The average molecular weight is 274 g/mol. The van der Waals surface area contributed by atoms with E-state index in [1.54, 1.807) is 0 Å². The van der Waals surface area contributed by atoms with E-state index in [1.165, 1.54) is 12.8 Å². The second kappa shape index (κ2) is 5.78. The van der Waals surface area contributed by atoms with Gasteiger partial charge in [0.1, 0.15) is 5.82 Å². The number of rotatable bonds is 4. The van der Waals surface area contributed by atoms with Gasteiger partial charge in [-0.25, -0.2) is 9.97 Å². The molecule has 1 aliphatic carbocycles. The van der Waals surface area contributed by atoms with Gasteiger partial charge in [0.25, 0.3) is 0 Å². The molecule has 110 valence electrons. The lowest BCUT2D eigenvalue weighted by molar-refractivity contribution is 0.0839. The van der Waals surface area contributed by atoms with Crippen molar-refractivity contribution >= 4 is 0 Å². The van der Waals surface area contributed by atoms with Crippen LogP contribution < -0.4 is 5.32 Å². The van der Waals surface area contributed by atoms with Crippen molar-refractivity contribution in [3.05, 3.63) is 23.8 Å². The zero-order valence-electron chi connectivity index (χ0n) is 12.8. The Bertz CT molecular complexity index is 456. The van der Waals surface area contributed by atoms with E-state index in [9.17, 15) is 0 Å². The van der Waals surface area contributed by atoms with Crippen molar-refractivity contribution in [1.82, 2.24) is 20.2 Å². The molecule has 1 aromatic heterocycles. The van der Waals surface area contributed by atoms with Crippen LogP contribution in [-0.4, -0.2) is 40.0 Å². The van der Waals surface area contributed by atoms with Gasteiger partial charge in [-0.05, 0) is 37.7 Å². The van der Waals surface area contributed by atoms with Gasteiger partial charge < -0.3 is 5.32 Å². The predicted octanol–water partition coefficient (Wildman–Crippen LogP) is 1.99. The molecule has 0 amide bonds. The van der Waals surface area contributed by atoms with Gasteiger partial charge >= 0.3 is 0 Å². The van der Waals surface area contributed by atoms with Gasteiger partial charge in [-0.1, -0.05) is 13.8 Å². The van der Waals surface area contributed by atoms with E-state index in [4.69, 9.17) is 0 Å². The quantitative estimate of drug-likeness (QED) is 0.911. The topological polar surface area (TPSA) is 41.1 Å². The van der Waals surface area contributed by atoms with Gasteiger partial charge in [0.05, 0.1) is 5.69 Å². The number of aryl methyl sites for hydroxylation is 1. The Morgan fingerprint density at radius 2 is 2.20 bits per heavy atom. The molecule has 20 heavy (non-hydrogen) atoms.